The Balaban J connectivity index is 1.75. The molecule has 4 rings (SSSR count). The van der Waals surface area contributed by atoms with Crippen LogP contribution in [0.3, 0.4) is 0 Å². The number of ether oxygens (including phenoxy) is 5. The maximum Gasteiger partial charge on any atom is 0.253 e. The van der Waals surface area contributed by atoms with Gasteiger partial charge >= 0.3 is 0 Å². The number of amides is 1. The van der Waals surface area contributed by atoms with Crippen LogP contribution in [0.1, 0.15) is 15.9 Å². The van der Waals surface area contributed by atoms with E-state index in [0.717, 1.165) is 27.1 Å². The van der Waals surface area contributed by atoms with E-state index in [1.165, 1.54) is 0 Å². The van der Waals surface area contributed by atoms with Crippen LogP contribution in [0.5, 0.6) is 28.7 Å². The summed E-state index contributed by atoms with van der Waals surface area (Å²) in [7, 11) is 9.91. The summed E-state index contributed by atoms with van der Waals surface area (Å²) < 4.78 is 27.8. The van der Waals surface area contributed by atoms with Gasteiger partial charge in [0.15, 0.2) is 23.0 Å². The third kappa shape index (κ3) is 4.56. The van der Waals surface area contributed by atoms with E-state index in [1.54, 1.807) is 64.7 Å². The van der Waals surface area contributed by atoms with Gasteiger partial charge in [0.2, 0.25) is 0 Å². The number of likely N-dealkylation sites (N-methyl/N-ethyl adjacent to an activating group) is 1. The quantitative estimate of drug-likeness (QED) is 0.295. The Kier molecular flexibility index (Phi) is 7.38. The molecule has 0 aliphatic heterocycles. The van der Waals surface area contributed by atoms with Crippen LogP contribution in [0.15, 0.2) is 54.6 Å². The summed E-state index contributed by atoms with van der Waals surface area (Å²) >= 11 is 0. The fraction of sp³-hybridized carbons (Fsp3) is 0.276. The van der Waals surface area contributed by atoms with E-state index in [2.05, 4.69) is 12.1 Å². The highest BCUT2D eigenvalue weighted by Crippen LogP contribution is 2.44. The van der Waals surface area contributed by atoms with E-state index in [1.807, 2.05) is 25.2 Å². The van der Waals surface area contributed by atoms with Gasteiger partial charge in [-0.1, -0.05) is 12.1 Å². The van der Waals surface area contributed by atoms with Crippen molar-refractivity contribution < 1.29 is 28.5 Å². The van der Waals surface area contributed by atoms with Crippen LogP contribution in [-0.4, -0.2) is 59.9 Å². The molecule has 0 radical (unpaired) electrons. The second-order valence-corrected chi connectivity index (χ2v) is 8.39. The second kappa shape index (κ2) is 10.6. The molecule has 0 aliphatic carbocycles. The van der Waals surface area contributed by atoms with Crippen molar-refractivity contribution in [3.8, 4) is 28.7 Å². The Morgan fingerprint density at radius 2 is 1.39 bits per heavy atom. The molecule has 0 aromatic heterocycles. The van der Waals surface area contributed by atoms with Gasteiger partial charge in [-0.05, 0) is 70.6 Å². The smallest absolute Gasteiger partial charge is 0.253 e. The molecule has 4 aromatic carbocycles. The largest absolute Gasteiger partial charge is 0.497 e. The normalized spacial score (nSPS) is 10.8. The van der Waals surface area contributed by atoms with Gasteiger partial charge in [0.05, 0.1) is 35.5 Å². The van der Waals surface area contributed by atoms with Gasteiger partial charge in [-0.2, -0.15) is 0 Å². The minimum Gasteiger partial charge on any atom is -0.497 e. The minimum atomic E-state index is -0.0512. The van der Waals surface area contributed by atoms with Crippen LogP contribution >= 0.6 is 0 Å². The van der Waals surface area contributed by atoms with Crippen LogP contribution in [0.4, 0.5) is 0 Å². The molecule has 0 saturated heterocycles. The van der Waals surface area contributed by atoms with Crippen molar-refractivity contribution >= 4 is 27.5 Å². The summed E-state index contributed by atoms with van der Waals surface area (Å²) in [6.45, 7) is 0.527. The van der Waals surface area contributed by atoms with Crippen LogP contribution in [0.2, 0.25) is 0 Å². The van der Waals surface area contributed by atoms with E-state index in [0.29, 0.717) is 47.3 Å². The van der Waals surface area contributed by atoms with Gasteiger partial charge < -0.3 is 28.6 Å². The minimum absolute atomic E-state index is 0.0512. The highest BCUT2D eigenvalue weighted by Gasteiger charge is 2.19. The zero-order chi connectivity index (χ0) is 25.8. The van der Waals surface area contributed by atoms with Gasteiger partial charge in [-0.15, -0.1) is 0 Å². The number of carbonyl (C=O) groups excluding carboxylic acids is 1. The molecule has 0 heterocycles. The van der Waals surface area contributed by atoms with Gasteiger partial charge in [-0.25, -0.2) is 0 Å². The van der Waals surface area contributed by atoms with Crippen molar-refractivity contribution in [3.05, 3.63) is 65.7 Å². The Morgan fingerprint density at radius 1 is 0.722 bits per heavy atom. The lowest BCUT2D eigenvalue weighted by Crippen LogP contribution is -2.28. The van der Waals surface area contributed by atoms with Crippen molar-refractivity contribution in [1.29, 1.82) is 0 Å². The summed E-state index contributed by atoms with van der Waals surface area (Å²) in [6.07, 6.45) is 0.633. The number of benzene rings is 4. The number of carbonyl (C=O) groups is 1. The van der Waals surface area contributed by atoms with Crippen molar-refractivity contribution in [3.63, 3.8) is 0 Å². The van der Waals surface area contributed by atoms with Gasteiger partial charge in [-0.3, -0.25) is 4.79 Å². The molecule has 4 aromatic rings. The molecular weight excluding hydrogens is 458 g/mol. The van der Waals surface area contributed by atoms with Crippen molar-refractivity contribution in [1.82, 2.24) is 4.90 Å². The van der Waals surface area contributed by atoms with Crippen LogP contribution in [0.25, 0.3) is 21.5 Å². The SMILES string of the molecule is COc1ccc(C(=O)N(C)CCc2cc(OC)c(OC)c3c2ccc2cc(OC)c(OC)cc23)cc1. The molecule has 0 spiro atoms. The molecule has 7 nitrogen and oxygen atoms in total. The number of hydrogen-bond acceptors (Lipinski definition) is 6. The first kappa shape index (κ1) is 25.0. The molecule has 36 heavy (non-hydrogen) atoms. The third-order valence-electron chi connectivity index (χ3n) is 6.45. The fourth-order valence-electron chi connectivity index (χ4n) is 4.49. The first-order valence-electron chi connectivity index (χ1n) is 11.6. The predicted molar refractivity (Wildman–Crippen MR) is 141 cm³/mol. The number of fused-ring (bicyclic) bond motifs is 3. The average molecular weight is 490 g/mol. The van der Waals surface area contributed by atoms with Gasteiger partial charge in [0, 0.05) is 24.5 Å². The number of rotatable bonds is 9. The molecule has 188 valence electrons. The standard InChI is InChI=1S/C29H31NO6/c1-30(29(31)18-7-10-21(32-2)11-8-18)14-13-20-16-26(35-5)28(36-6)27-22(20)12-9-19-15-24(33-3)25(34-4)17-23(19)27/h7-12,15-17H,13-14H2,1-6H3. The Bertz CT molecular complexity index is 1400. The van der Waals surface area contributed by atoms with E-state index in [4.69, 9.17) is 23.7 Å². The summed E-state index contributed by atoms with van der Waals surface area (Å²) in [4.78, 5) is 14.7. The topological polar surface area (TPSA) is 66.5 Å². The van der Waals surface area contributed by atoms with Crippen LogP contribution in [-0.2, 0) is 6.42 Å². The highest BCUT2D eigenvalue weighted by atomic mass is 16.5. The van der Waals surface area contributed by atoms with E-state index in [9.17, 15) is 4.79 Å². The lowest BCUT2D eigenvalue weighted by molar-refractivity contribution is 0.0796. The van der Waals surface area contributed by atoms with E-state index < -0.39 is 0 Å². The van der Waals surface area contributed by atoms with Crippen LogP contribution < -0.4 is 23.7 Å². The zero-order valence-electron chi connectivity index (χ0n) is 21.5. The lowest BCUT2D eigenvalue weighted by atomic mass is 9.95. The highest BCUT2D eigenvalue weighted by molar-refractivity contribution is 6.13. The fourth-order valence-corrected chi connectivity index (χ4v) is 4.49. The zero-order valence-corrected chi connectivity index (χ0v) is 21.5. The van der Waals surface area contributed by atoms with Crippen molar-refractivity contribution in [2.75, 3.05) is 49.1 Å². The predicted octanol–water partition coefficient (Wildman–Crippen LogP) is 5.35. The average Bonchev–Trinajstić information content (AvgIpc) is 2.93. The Morgan fingerprint density at radius 3 is 2.00 bits per heavy atom. The molecule has 0 saturated carbocycles. The molecule has 0 bridgehead atoms. The summed E-state index contributed by atoms with van der Waals surface area (Å²) in [6, 6.07) is 17.2. The molecular formula is C29H31NO6. The maximum absolute atomic E-state index is 13.0. The Labute approximate surface area is 211 Å². The number of nitrogens with zero attached hydrogens (tertiary/aromatic N) is 1. The summed E-state index contributed by atoms with van der Waals surface area (Å²) in [5, 5.41) is 3.90. The summed E-state index contributed by atoms with van der Waals surface area (Å²) in [5.41, 5.74) is 1.66. The molecule has 1 amide bonds. The number of methoxy groups -OCH3 is 5. The first-order valence-corrected chi connectivity index (χ1v) is 11.6. The van der Waals surface area contributed by atoms with Crippen molar-refractivity contribution in [2.45, 2.75) is 6.42 Å². The second-order valence-electron chi connectivity index (χ2n) is 8.39. The lowest BCUT2D eigenvalue weighted by Gasteiger charge is -2.20. The van der Waals surface area contributed by atoms with E-state index >= 15 is 0 Å². The molecule has 0 N–H and O–H groups in total. The number of hydrogen-bond donors (Lipinski definition) is 0. The van der Waals surface area contributed by atoms with Crippen LogP contribution in [0, 0.1) is 0 Å². The first-order chi connectivity index (χ1) is 17.4. The molecule has 0 fully saturated rings. The molecule has 0 aliphatic rings. The van der Waals surface area contributed by atoms with Gasteiger partial charge in [0.25, 0.3) is 5.91 Å². The van der Waals surface area contributed by atoms with Gasteiger partial charge in [0.1, 0.15) is 5.75 Å². The third-order valence-corrected chi connectivity index (χ3v) is 6.45. The van der Waals surface area contributed by atoms with Crippen molar-refractivity contribution in [2.24, 2.45) is 0 Å². The summed E-state index contributed by atoms with van der Waals surface area (Å²) in [5.74, 6) is 3.24. The monoisotopic (exact) mass is 489 g/mol. The van der Waals surface area contributed by atoms with E-state index in [-0.39, 0.29) is 5.91 Å². The molecule has 0 unspecified atom stereocenters. The Hall–Kier alpha value is -4.13. The molecule has 0 atom stereocenters. The maximum atomic E-state index is 13.0. The molecule has 7 heteroatoms.